The molecule has 0 bridgehead atoms. The van der Waals surface area contributed by atoms with Crippen LogP contribution in [-0.2, 0) is 9.47 Å². The summed E-state index contributed by atoms with van der Waals surface area (Å²) in [6, 6.07) is 0. The molecule has 0 N–H and O–H groups in total. The minimum absolute atomic E-state index is 0.0106. The molecule has 1 heterocycles. The molecular weight excluding hydrogens is 312 g/mol. The first-order valence-corrected chi connectivity index (χ1v) is 7.65. The fraction of sp³-hybridized carbons (Fsp3) is 0.500. The molecule has 1 aromatic rings. The Labute approximate surface area is 142 Å². The maximum atomic E-state index is 12.3. The van der Waals surface area contributed by atoms with Crippen molar-refractivity contribution >= 4 is 11.9 Å². The smallest absolute Gasteiger partial charge is 0.188 e. The van der Waals surface area contributed by atoms with Crippen LogP contribution < -0.4 is 14.2 Å². The number of ether oxygens (including phenoxy) is 5. The number of carbonyl (C=O) groups is 1. The third-order valence-electron chi connectivity index (χ3n) is 3.64. The summed E-state index contributed by atoms with van der Waals surface area (Å²) in [4.78, 5) is 12.3. The Bertz CT molecular complexity index is 660. The van der Waals surface area contributed by atoms with E-state index in [2.05, 4.69) is 0 Å². The first-order chi connectivity index (χ1) is 11.3. The Hall–Kier alpha value is -2.05. The molecule has 0 unspecified atom stereocenters. The van der Waals surface area contributed by atoms with Gasteiger partial charge in [0.1, 0.15) is 28.4 Å². The van der Waals surface area contributed by atoms with Crippen LogP contribution in [0.1, 0.15) is 42.3 Å². The van der Waals surface area contributed by atoms with Gasteiger partial charge in [0, 0.05) is 19.8 Å². The van der Waals surface area contributed by atoms with Crippen molar-refractivity contribution in [2.75, 3.05) is 27.8 Å². The largest absolute Gasteiger partial charge is 0.483 e. The number of fused-ring (bicyclic) bond motifs is 1. The van der Waals surface area contributed by atoms with Crippen molar-refractivity contribution in [3.05, 3.63) is 22.8 Å². The molecule has 0 saturated heterocycles. The molecule has 132 valence electrons. The van der Waals surface area contributed by atoms with Crippen LogP contribution in [0.3, 0.4) is 0 Å². The molecule has 0 aromatic heterocycles. The van der Waals surface area contributed by atoms with E-state index in [4.69, 9.17) is 23.7 Å². The van der Waals surface area contributed by atoms with E-state index < -0.39 is 5.60 Å². The second-order valence-electron chi connectivity index (χ2n) is 6.10. The van der Waals surface area contributed by atoms with Crippen LogP contribution >= 0.6 is 0 Å². The Morgan fingerprint density at radius 1 is 1.12 bits per heavy atom. The number of methoxy groups -OCH3 is 2. The summed E-state index contributed by atoms with van der Waals surface area (Å²) in [6.07, 6.45) is 3.83. The number of benzene rings is 1. The van der Waals surface area contributed by atoms with Crippen LogP contribution in [0.5, 0.6) is 17.2 Å². The summed E-state index contributed by atoms with van der Waals surface area (Å²) in [6.45, 7) is 7.26. The van der Waals surface area contributed by atoms with Gasteiger partial charge in [-0.3, -0.25) is 4.79 Å². The molecule has 0 atom stereocenters. The molecule has 1 aliphatic heterocycles. The molecule has 6 heteroatoms. The van der Waals surface area contributed by atoms with E-state index >= 15 is 0 Å². The standard InChI is InChI=1S/C18H24O6/c1-11-15-13(7-8-18(3,4)24-15)17(23-10-21-6)14(12(2)19)16(11)22-9-20-5/h7-8H,9-10H2,1-6H3. The van der Waals surface area contributed by atoms with Gasteiger partial charge >= 0.3 is 0 Å². The maximum Gasteiger partial charge on any atom is 0.188 e. The van der Waals surface area contributed by atoms with E-state index in [0.717, 1.165) is 5.56 Å². The number of rotatable bonds is 7. The normalized spacial score (nSPS) is 14.8. The molecular formula is C18H24O6. The fourth-order valence-electron chi connectivity index (χ4n) is 2.58. The number of Topliss-reactive ketones (excluding diaryl/α,β-unsaturated/α-hetero) is 1. The van der Waals surface area contributed by atoms with Crippen molar-refractivity contribution in [1.29, 1.82) is 0 Å². The van der Waals surface area contributed by atoms with E-state index in [-0.39, 0.29) is 19.4 Å². The third-order valence-corrected chi connectivity index (χ3v) is 3.64. The fourth-order valence-corrected chi connectivity index (χ4v) is 2.58. The first kappa shape index (κ1) is 18.3. The van der Waals surface area contributed by atoms with Crippen molar-refractivity contribution in [3.8, 4) is 17.2 Å². The lowest BCUT2D eigenvalue weighted by Gasteiger charge is -2.31. The number of hydrogen-bond acceptors (Lipinski definition) is 6. The average molecular weight is 336 g/mol. The minimum atomic E-state index is -0.466. The lowest BCUT2D eigenvalue weighted by atomic mass is 9.94. The molecule has 1 aromatic carbocycles. The highest BCUT2D eigenvalue weighted by atomic mass is 16.7. The molecule has 0 radical (unpaired) electrons. The predicted octanol–water partition coefficient (Wildman–Crippen LogP) is 3.35. The van der Waals surface area contributed by atoms with E-state index in [1.807, 2.05) is 32.9 Å². The van der Waals surface area contributed by atoms with Crippen LogP contribution in [0.15, 0.2) is 6.08 Å². The molecule has 2 rings (SSSR count). The lowest BCUT2D eigenvalue weighted by molar-refractivity contribution is 0.0430. The van der Waals surface area contributed by atoms with Gasteiger partial charge in [0.15, 0.2) is 19.4 Å². The van der Waals surface area contributed by atoms with Gasteiger partial charge in [-0.05, 0) is 39.8 Å². The van der Waals surface area contributed by atoms with Crippen LogP contribution in [0.2, 0.25) is 0 Å². The van der Waals surface area contributed by atoms with Gasteiger partial charge in [-0.25, -0.2) is 0 Å². The van der Waals surface area contributed by atoms with Gasteiger partial charge in [0.25, 0.3) is 0 Å². The summed E-state index contributed by atoms with van der Waals surface area (Å²) in [5, 5.41) is 0. The molecule has 0 spiro atoms. The Morgan fingerprint density at radius 2 is 1.71 bits per heavy atom. The second-order valence-corrected chi connectivity index (χ2v) is 6.10. The van der Waals surface area contributed by atoms with E-state index in [1.54, 1.807) is 0 Å². The minimum Gasteiger partial charge on any atom is -0.483 e. The SMILES string of the molecule is COCOc1c(C)c2c(c(OCOC)c1C(C)=O)C=CC(C)(C)O2. The van der Waals surface area contributed by atoms with Crippen LogP contribution in [-0.4, -0.2) is 39.2 Å². The quantitative estimate of drug-likeness (QED) is 0.562. The van der Waals surface area contributed by atoms with Gasteiger partial charge in [-0.1, -0.05) is 0 Å². The molecule has 0 saturated carbocycles. The summed E-state index contributed by atoms with van der Waals surface area (Å²) >= 11 is 0. The van der Waals surface area contributed by atoms with Gasteiger partial charge in [0.2, 0.25) is 0 Å². The van der Waals surface area contributed by atoms with Crippen molar-refractivity contribution in [1.82, 2.24) is 0 Å². The van der Waals surface area contributed by atoms with Gasteiger partial charge in [-0.15, -0.1) is 0 Å². The Balaban J connectivity index is 2.72. The molecule has 0 aliphatic carbocycles. The Kier molecular flexibility index (Phi) is 5.51. The summed E-state index contributed by atoms with van der Waals surface area (Å²) in [7, 11) is 3.04. The van der Waals surface area contributed by atoms with Gasteiger partial charge < -0.3 is 23.7 Å². The summed E-state index contributed by atoms with van der Waals surface area (Å²) in [5.41, 5.74) is 1.33. The highest BCUT2D eigenvalue weighted by Gasteiger charge is 2.32. The van der Waals surface area contributed by atoms with Crippen molar-refractivity contribution in [2.45, 2.75) is 33.3 Å². The van der Waals surface area contributed by atoms with Crippen molar-refractivity contribution in [3.63, 3.8) is 0 Å². The summed E-state index contributed by atoms with van der Waals surface area (Å²) in [5.74, 6) is 1.25. The number of carbonyl (C=O) groups excluding carboxylic acids is 1. The van der Waals surface area contributed by atoms with Crippen LogP contribution in [0.25, 0.3) is 6.08 Å². The van der Waals surface area contributed by atoms with Gasteiger partial charge in [0.05, 0.1) is 5.56 Å². The predicted molar refractivity (Wildman–Crippen MR) is 89.9 cm³/mol. The zero-order valence-corrected chi connectivity index (χ0v) is 15.0. The molecule has 0 fully saturated rings. The van der Waals surface area contributed by atoms with Crippen LogP contribution in [0.4, 0.5) is 0 Å². The van der Waals surface area contributed by atoms with E-state index in [0.29, 0.717) is 28.4 Å². The lowest BCUT2D eigenvalue weighted by Crippen LogP contribution is -2.28. The van der Waals surface area contributed by atoms with E-state index in [9.17, 15) is 4.79 Å². The number of ketones is 1. The second kappa shape index (κ2) is 7.23. The molecule has 1 aliphatic rings. The third kappa shape index (κ3) is 3.55. The summed E-state index contributed by atoms with van der Waals surface area (Å²) < 4.78 is 27.4. The topological polar surface area (TPSA) is 63.2 Å². The Morgan fingerprint density at radius 3 is 2.25 bits per heavy atom. The first-order valence-electron chi connectivity index (χ1n) is 7.65. The van der Waals surface area contributed by atoms with Crippen LogP contribution in [0, 0.1) is 6.92 Å². The monoisotopic (exact) mass is 336 g/mol. The van der Waals surface area contributed by atoms with E-state index in [1.165, 1.54) is 21.1 Å². The molecule has 6 nitrogen and oxygen atoms in total. The van der Waals surface area contributed by atoms with Crippen molar-refractivity contribution < 1.29 is 28.5 Å². The average Bonchev–Trinajstić information content (AvgIpc) is 2.52. The molecule has 24 heavy (non-hydrogen) atoms. The zero-order chi connectivity index (χ0) is 17.9. The zero-order valence-electron chi connectivity index (χ0n) is 15.0. The highest BCUT2D eigenvalue weighted by molar-refractivity contribution is 6.02. The maximum absolute atomic E-state index is 12.3. The number of hydrogen-bond donors (Lipinski definition) is 0. The molecule has 0 amide bonds. The van der Waals surface area contributed by atoms with Crippen molar-refractivity contribution in [2.24, 2.45) is 0 Å². The highest BCUT2D eigenvalue weighted by Crippen LogP contribution is 2.47. The van der Waals surface area contributed by atoms with Gasteiger partial charge in [-0.2, -0.15) is 0 Å².